The molecule has 3 heteroatoms. The Balaban J connectivity index is 1.89. The van der Waals surface area contributed by atoms with Crippen LogP contribution in [0.1, 0.15) is 44.1 Å². The molecule has 0 heterocycles. The number of nitrogens with one attached hydrogen (secondary N) is 1. The van der Waals surface area contributed by atoms with Gasteiger partial charge < -0.3 is 10.1 Å². The van der Waals surface area contributed by atoms with Crippen LogP contribution in [0, 0.1) is 5.41 Å². The standard InChI is InChI=1S/C17H25NO2/c1-20-16(19)12-17(10-6-3-7-11-17)14-18-13-15-8-4-2-5-9-15/h2,4-5,8-9,18H,3,6-7,10-14H2,1H3. The minimum absolute atomic E-state index is 0.0755. The number of hydrogen-bond donors (Lipinski definition) is 1. The van der Waals surface area contributed by atoms with Crippen molar-refractivity contribution in [2.75, 3.05) is 13.7 Å². The van der Waals surface area contributed by atoms with Gasteiger partial charge in [-0.05, 0) is 23.8 Å². The summed E-state index contributed by atoms with van der Waals surface area (Å²) in [5, 5.41) is 3.53. The van der Waals surface area contributed by atoms with E-state index < -0.39 is 0 Å². The zero-order chi connectivity index (χ0) is 14.3. The van der Waals surface area contributed by atoms with Crippen molar-refractivity contribution < 1.29 is 9.53 Å². The molecule has 0 aliphatic heterocycles. The Morgan fingerprint density at radius 1 is 1.20 bits per heavy atom. The van der Waals surface area contributed by atoms with Crippen LogP contribution in [-0.4, -0.2) is 19.6 Å². The van der Waals surface area contributed by atoms with E-state index in [2.05, 4.69) is 29.6 Å². The lowest BCUT2D eigenvalue weighted by atomic mass is 9.71. The van der Waals surface area contributed by atoms with Gasteiger partial charge in [-0.25, -0.2) is 0 Å². The van der Waals surface area contributed by atoms with Crippen molar-refractivity contribution in [1.82, 2.24) is 5.32 Å². The molecule has 0 aromatic heterocycles. The number of hydrogen-bond acceptors (Lipinski definition) is 3. The molecule has 3 nitrogen and oxygen atoms in total. The smallest absolute Gasteiger partial charge is 0.306 e. The molecule has 0 unspecified atom stereocenters. The van der Waals surface area contributed by atoms with Crippen molar-refractivity contribution in [3.63, 3.8) is 0 Å². The average molecular weight is 275 g/mol. The van der Waals surface area contributed by atoms with E-state index in [-0.39, 0.29) is 11.4 Å². The SMILES string of the molecule is COC(=O)CC1(CNCc2ccccc2)CCCCC1. The molecule has 1 fully saturated rings. The van der Waals surface area contributed by atoms with Gasteiger partial charge in [-0.1, -0.05) is 49.6 Å². The third-order valence-corrected chi connectivity index (χ3v) is 4.33. The molecule has 0 bridgehead atoms. The molecule has 110 valence electrons. The Labute approximate surface area is 121 Å². The first-order chi connectivity index (χ1) is 9.74. The van der Waals surface area contributed by atoms with Crippen molar-refractivity contribution in [1.29, 1.82) is 0 Å². The number of carbonyl (C=O) groups excluding carboxylic acids is 1. The van der Waals surface area contributed by atoms with Crippen LogP contribution >= 0.6 is 0 Å². The van der Waals surface area contributed by atoms with Gasteiger partial charge in [0.25, 0.3) is 0 Å². The first kappa shape index (κ1) is 15.0. The normalized spacial score (nSPS) is 17.6. The predicted octanol–water partition coefficient (Wildman–Crippen LogP) is 3.29. The van der Waals surface area contributed by atoms with E-state index in [9.17, 15) is 4.79 Å². The molecule has 0 saturated heterocycles. The summed E-state index contributed by atoms with van der Waals surface area (Å²) in [6, 6.07) is 10.4. The monoisotopic (exact) mass is 275 g/mol. The van der Waals surface area contributed by atoms with Gasteiger partial charge in [0, 0.05) is 13.1 Å². The summed E-state index contributed by atoms with van der Waals surface area (Å²) in [4.78, 5) is 11.7. The maximum absolute atomic E-state index is 11.7. The molecule has 1 aromatic carbocycles. The Morgan fingerprint density at radius 2 is 1.90 bits per heavy atom. The van der Waals surface area contributed by atoms with Crippen molar-refractivity contribution >= 4 is 5.97 Å². The first-order valence-electron chi connectivity index (χ1n) is 7.56. The molecule has 0 radical (unpaired) electrons. The van der Waals surface area contributed by atoms with Crippen LogP contribution in [0.4, 0.5) is 0 Å². The first-order valence-corrected chi connectivity index (χ1v) is 7.56. The molecule has 0 amide bonds. The van der Waals surface area contributed by atoms with Crippen LogP contribution in [-0.2, 0) is 16.1 Å². The van der Waals surface area contributed by atoms with Crippen LogP contribution in [0.5, 0.6) is 0 Å². The molecule has 1 N–H and O–H groups in total. The molecule has 0 atom stereocenters. The lowest BCUT2D eigenvalue weighted by Gasteiger charge is -2.36. The van der Waals surface area contributed by atoms with E-state index in [1.165, 1.54) is 31.9 Å². The Kier molecular flexibility index (Phi) is 5.60. The van der Waals surface area contributed by atoms with Gasteiger partial charge in [0.1, 0.15) is 0 Å². The summed E-state index contributed by atoms with van der Waals surface area (Å²) in [6.07, 6.45) is 6.55. The van der Waals surface area contributed by atoms with Gasteiger partial charge in [-0.3, -0.25) is 4.79 Å². The van der Waals surface area contributed by atoms with Crippen molar-refractivity contribution in [2.45, 2.75) is 45.1 Å². The molecule has 1 aliphatic carbocycles. The topological polar surface area (TPSA) is 38.3 Å². The summed E-state index contributed by atoms with van der Waals surface area (Å²) in [5.41, 5.74) is 1.39. The number of esters is 1. The molecular weight excluding hydrogens is 250 g/mol. The Morgan fingerprint density at radius 3 is 2.55 bits per heavy atom. The highest BCUT2D eigenvalue weighted by atomic mass is 16.5. The van der Waals surface area contributed by atoms with E-state index in [4.69, 9.17) is 4.74 Å². The van der Waals surface area contributed by atoms with Crippen LogP contribution in [0.2, 0.25) is 0 Å². The van der Waals surface area contributed by atoms with E-state index in [1.54, 1.807) is 0 Å². The molecule has 1 aliphatic rings. The second kappa shape index (κ2) is 7.44. The Bertz CT molecular complexity index is 410. The summed E-state index contributed by atoms with van der Waals surface area (Å²) >= 11 is 0. The van der Waals surface area contributed by atoms with E-state index >= 15 is 0 Å². The van der Waals surface area contributed by atoms with Crippen molar-refractivity contribution in [2.24, 2.45) is 5.41 Å². The van der Waals surface area contributed by atoms with E-state index in [1.807, 2.05) is 6.07 Å². The lowest BCUT2D eigenvalue weighted by molar-refractivity contribution is -0.144. The van der Waals surface area contributed by atoms with Crippen LogP contribution in [0.15, 0.2) is 30.3 Å². The molecule has 1 aromatic rings. The van der Waals surface area contributed by atoms with Crippen molar-refractivity contribution in [3.8, 4) is 0 Å². The van der Waals surface area contributed by atoms with Gasteiger partial charge in [0.2, 0.25) is 0 Å². The van der Waals surface area contributed by atoms with Gasteiger partial charge in [0.15, 0.2) is 0 Å². The molecule has 0 spiro atoms. The number of methoxy groups -OCH3 is 1. The fourth-order valence-electron chi connectivity index (χ4n) is 3.16. The van der Waals surface area contributed by atoms with E-state index in [0.29, 0.717) is 6.42 Å². The minimum atomic E-state index is -0.0755. The lowest BCUT2D eigenvalue weighted by Crippen LogP contribution is -2.38. The summed E-state index contributed by atoms with van der Waals surface area (Å²) in [7, 11) is 1.48. The fourth-order valence-corrected chi connectivity index (χ4v) is 3.16. The number of benzene rings is 1. The van der Waals surface area contributed by atoms with Crippen LogP contribution in [0.25, 0.3) is 0 Å². The molecule has 20 heavy (non-hydrogen) atoms. The third-order valence-electron chi connectivity index (χ3n) is 4.33. The van der Waals surface area contributed by atoms with Gasteiger partial charge >= 0.3 is 5.97 Å². The molecular formula is C17H25NO2. The number of carbonyl (C=O) groups is 1. The quantitative estimate of drug-likeness (QED) is 0.810. The highest BCUT2D eigenvalue weighted by Crippen LogP contribution is 2.39. The minimum Gasteiger partial charge on any atom is -0.469 e. The highest BCUT2D eigenvalue weighted by Gasteiger charge is 2.34. The highest BCUT2D eigenvalue weighted by molar-refractivity contribution is 5.70. The van der Waals surface area contributed by atoms with Gasteiger partial charge in [-0.15, -0.1) is 0 Å². The number of rotatable bonds is 6. The summed E-state index contributed by atoms with van der Waals surface area (Å²) in [6.45, 7) is 1.76. The average Bonchev–Trinajstić information content (AvgIpc) is 2.49. The maximum Gasteiger partial charge on any atom is 0.306 e. The fraction of sp³-hybridized carbons (Fsp3) is 0.588. The predicted molar refractivity (Wildman–Crippen MR) is 80.3 cm³/mol. The zero-order valence-corrected chi connectivity index (χ0v) is 12.4. The van der Waals surface area contributed by atoms with Gasteiger partial charge in [-0.2, -0.15) is 0 Å². The van der Waals surface area contributed by atoms with Crippen LogP contribution in [0.3, 0.4) is 0 Å². The number of ether oxygens (including phenoxy) is 1. The molecule has 2 rings (SSSR count). The summed E-state index contributed by atoms with van der Waals surface area (Å²) < 4.78 is 4.88. The largest absolute Gasteiger partial charge is 0.469 e. The second-order valence-electron chi connectivity index (χ2n) is 5.90. The van der Waals surface area contributed by atoms with E-state index in [0.717, 1.165) is 25.9 Å². The second-order valence-corrected chi connectivity index (χ2v) is 5.90. The van der Waals surface area contributed by atoms with Gasteiger partial charge in [0.05, 0.1) is 13.5 Å². The Hall–Kier alpha value is -1.35. The third kappa shape index (κ3) is 4.34. The van der Waals surface area contributed by atoms with Crippen molar-refractivity contribution in [3.05, 3.63) is 35.9 Å². The molecule has 1 saturated carbocycles. The maximum atomic E-state index is 11.7. The summed E-state index contributed by atoms with van der Waals surface area (Å²) in [5.74, 6) is -0.0755. The zero-order valence-electron chi connectivity index (χ0n) is 12.4. The van der Waals surface area contributed by atoms with Crippen LogP contribution < -0.4 is 5.32 Å².